The van der Waals surface area contributed by atoms with E-state index in [1.807, 2.05) is 12.1 Å². The van der Waals surface area contributed by atoms with Crippen LogP contribution >= 0.6 is 0 Å². The highest BCUT2D eigenvalue weighted by molar-refractivity contribution is 5.40. The average Bonchev–Trinajstić information content (AvgIpc) is 3.20. The molecule has 0 bridgehead atoms. The summed E-state index contributed by atoms with van der Waals surface area (Å²) in [6, 6.07) is 5.97. The van der Waals surface area contributed by atoms with Crippen LogP contribution in [-0.2, 0) is 6.54 Å². The molecule has 100 valence electrons. The van der Waals surface area contributed by atoms with Crippen LogP contribution in [0, 0.1) is 5.92 Å². The van der Waals surface area contributed by atoms with Crippen molar-refractivity contribution >= 4 is 0 Å². The Morgan fingerprint density at radius 3 is 2.50 bits per heavy atom. The minimum atomic E-state index is 0.213. The zero-order valence-corrected chi connectivity index (χ0v) is 11.7. The van der Waals surface area contributed by atoms with Crippen molar-refractivity contribution in [2.75, 3.05) is 14.2 Å². The zero-order chi connectivity index (χ0) is 13.2. The number of benzene rings is 1. The molecule has 0 aliphatic heterocycles. The van der Waals surface area contributed by atoms with Crippen molar-refractivity contribution in [3.05, 3.63) is 23.8 Å². The summed E-state index contributed by atoms with van der Waals surface area (Å²) < 4.78 is 10.6. The Labute approximate surface area is 109 Å². The number of methoxy groups -OCH3 is 2. The van der Waals surface area contributed by atoms with Crippen LogP contribution in [-0.4, -0.2) is 19.8 Å². The van der Waals surface area contributed by atoms with E-state index >= 15 is 0 Å². The third-order valence-corrected chi connectivity index (χ3v) is 3.83. The second-order valence-corrected chi connectivity index (χ2v) is 5.53. The number of hydrogen-bond acceptors (Lipinski definition) is 3. The molecule has 0 unspecified atom stereocenters. The van der Waals surface area contributed by atoms with Gasteiger partial charge in [-0.1, -0.05) is 6.07 Å². The topological polar surface area (TPSA) is 30.5 Å². The Bertz CT molecular complexity index is 411. The molecule has 1 fully saturated rings. The van der Waals surface area contributed by atoms with E-state index in [4.69, 9.17) is 9.47 Å². The molecule has 0 heterocycles. The standard InChI is InChI=1S/C15H23NO2/c1-15(2,12-6-7-12)16-10-11-5-8-13(17-3)9-14(11)18-4/h5,8-9,12,16H,6-7,10H2,1-4H3. The van der Waals surface area contributed by atoms with Gasteiger partial charge in [-0.25, -0.2) is 0 Å². The van der Waals surface area contributed by atoms with Crippen LogP contribution in [0.2, 0.25) is 0 Å². The van der Waals surface area contributed by atoms with Gasteiger partial charge in [0.25, 0.3) is 0 Å². The van der Waals surface area contributed by atoms with E-state index in [0.29, 0.717) is 0 Å². The number of nitrogens with one attached hydrogen (secondary N) is 1. The van der Waals surface area contributed by atoms with Crippen molar-refractivity contribution in [1.29, 1.82) is 0 Å². The quantitative estimate of drug-likeness (QED) is 0.840. The van der Waals surface area contributed by atoms with Crippen molar-refractivity contribution in [2.24, 2.45) is 5.92 Å². The molecule has 1 aromatic carbocycles. The predicted molar refractivity (Wildman–Crippen MR) is 73.2 cm³/mol. The summed E-state index contributed by atoms with van der Waals surface area (Å²) in [5.41, 5.74) is 1.39. The van der Waals surface area contributed by atoms with E-state index in [2.05, 4.69) is 25.2 Å². The number of rotatable bonds is 6. The van der Waals surface area contributed by atoms with E-state index < -0.39 is 0 Å². The lowest BCUT2D eigenvalue weighted by Crippen LogP contribution is -2.40. The third kappa shape index (κ3) is 2.96. The molecule has 1 aliphatic rings. The monoisotopic (exact) mass is 249 g/mol. The highest BCUT2D eigenvalue weighted by atomic mass is 16.5. The van der Waals surface area contributed by atoms with Crippen molar-refractivity contribution in [3.8, 4) is 11.5 Å². The van der Waals surface area contributed by atoms with Gasteiger partial charge in [0.05, 0.1) is 14.2 Å². The van der Waals surface area contributed by atoms with Crippen molar-refractivity contribution in [2.45, 2.75) is 38.8 Å². The molecule has 0 atom stereocenters. The van der Waals surface area contributed by atoms with Gasteiger partial charge >= 0.3 is 0 Å². The van der Waals surface area contributed by atoms with Gasteiger partial charge in [-0.3, -0.25) is 0 Å². The van der Waals surface area contributed by atoms with E-state index in [0.717, 1.165) is 24.0 Å². The summed E-state index contributed by atoms with van der Waals surface area (Å²) in [7, 11) is 3.37. The van der Waals surface area contributed by atoms with Gasteiger partial charge in [-0.15, -0.1) is 0 Å². The van der Waals surface area contributed by atoms with Crippen LogP contribution in [0.1, 0.15) is 32.3 Å². The molecule has 1 aromatic rings. The van der Waals surface area contributed by atoms with E-state index in [1.54, 1.807) is 14.2 Å². The van der Waals surface area contributed by atoms with Crippen molar-refractivity contribution in [1.82, 2.24) is 5.32 Å². The minimum Gasteiger partial charge on any atom is -0.497 e. The van der Waals surface area contributed by atoms with Gasteiger partial charge in [0.15, 0.2) is 0 Å². The summed E-state index contributed by atoms with van der Waals surface area (Å²) in [4.78, 5) is 0. The predicted octanol–water partition coefficient (Wildman–Crippen LogP) is 2.98. The highest BCUT2D eigenvalue weighted by Crippen LogP contribution is 2.39. The lowest BCUT2D eigenvalue weighted by molar-refractivity contribution is 0.333. The maximum absolute atomic E-state index is 5.41. The summed E-state index contributed by atoms with van der Waals surface area (Å²) in [5, 5.41) is 3.63. The third-order valence-electron chi connectivity index (χ3n) is 3.83. The molecule has 0 saturated heterocycles. The lowest BCUT2D eigenvalue weighted by Gasteiger charge is -2.26. The van der Waals surface area contributed by atoms with Crippen molar-refractivity contribution < 1.29 is 9.47 Å². The second kappa shape index (κ2) is 5.19. The molecular formula is C15H23NO2. The van der Waals surface area contributed by atoms with Crippen LogP contribution in [0.25, 0.3) is 0 Å². The summed E-state index contributed by atoms with van der Waals surface area (Å²) in [6.45, 7) is 5.39. The minimum absolute atomic E-state index is 0.213. The maximum atomic E-state index is 5.41. The van der Waals surface area contributed by atoms with Crippen LogP contribution in [0.15, 0.2) is 18.2 Å². The van der Waals surface area contributed by atoms with Crippen LogP contribution in [0.3, 0.4) is 0 Å². The fourth-order valence-corrected chi connectivity index (χ4v) is 2.27. The van der Waals surface area contributed by atoms with Gasteiger partial charge < -0.3 is 14.8 Å². The first-order chi connectivity index (χ1) is 8.56. The molecular weight excluding hydrogens is 226 g/mol. The molecule has 0 radical (unpaired) electrons. The molecule has 2 rings (SSSR count). The van der Waals surface area contributed by atoms with Crippen LogP contribution < -0.4 is 14.8 Å². The molecule has 1 aliphatic carbocycles. The van der Waals surface area contributed by atoms with Gasteiger partial charge in [0.1, 0.15) is 11.5 Å². The highest BCUT2D eigenvalue weighted by Gasteiger charge is 2.37. The Balaban J connectivity index is 2.04. The molecule has 18 heavy (non-hydrogen) atoms. The first kappa shape index (κ1) is 13.2. The van der Waals surface area contributed by atoms with Gasteiger partial charge in [0.2, 0.25) is 0 Å². The lowest BCUT2D eigenvalue weighted by atomic mass is 9.98. The second-order valence-electron chi connectivity index (χ2n) is 5.53. The fraction of sp³-hybridized carbons (Fsp3) is 0.600. The molecule has 0 spiro atoms. The maximum Gasteiger partial charge on any atom is 0.127 e. The smallest absolute Gasteiger partial charge is 0.127 e. The summed E-state index contributed by atoms with van der Waals surface area (Å²) in [5.74, 6) is 2.53. The Morgan fingerprint density at radius 2 is 1.94 bits per heavy atom. The van der Waals surface area contributed by atoms with E-state index in [-0.39, 0.29) is 5.54 Å². The van der Waals surface area contributed by atoms with E-state index in [9.17, 15) is 0 Å². The first-order valence-corrected chi connectivity index (χ1v) is 6.53. The van der Waals surface area contributed by atoms with E-state index in [1.165, 1.54) is 18.4 Å². The molecule has 3 nitrogen and oxygen atoms in total. The number of hydrogen-bond donors (Lipinski definition) is 1. The van der Waals surface area contributed by atoms with Gasteiger partial charge in [-0.05, 0) is 38.7 Å². The van der Waals surface area contributed by atoms with Crippen LogP contribution in [0.5, 0.6) is 11.5 Å². The average molecular weight is 249 g/mol. The molecule has 1 N–H and O–H groups in total. The summed E-state index contributed by atoms with van der Waals surface area (Å²) in [6.07, 6.45) is 2.69. The van der Waals surface area contributed by atoms with Gasteiger partial charge in [0, 0.05) is 23.7 Å². The molecule has 3 heteroatoms. The zero-order valence-electron chi connectivity index (χ0n) is 11.7. The Kier molecular flexibility index (Phi) is 3.81. The SMILES string of the molecule is COc1ccc(CNC(C)(C)C2CC2)c(OC)c1. The molecule has 0 amide bonds. The van der Waals surface area contributed by atoms with Gasteiger partial charge in [-0.2, -0.15) is 0 Å². The normalized spacial score (nSPS) is 15.6. The number of ether oxygens (including phenoxy) is 2. The molecule has 1 saturated carbocycles. The Hall–Kier alpha value is -1.22. The fourth-order valence-electron chi connectivity index (χ4n) is 2.27. The van der Waals surface area contributed by atoms with Crippen molar-refractivity contribution in [3.63, 3.8) is 0 Å². The Morgan fingerprint density at radius 1 is 1.22 bits per heavy atom. The van der Waals surface area contributed by atoms with Crippen LogP contribution in [0.4, 0.5) is 0 Å². The molecule has 0 aromatic heterocycles. The largest absolute Gasteiger partial charge is 0.497 e. The summed E-state index contributed by atoms with van der Waals surface area (Å²) >= 11 is 0. The first-order valence-electron chi connectivity index (χ1n) is 6.53.